The van der Waals surface area contributed by atoms with Gasteiger partial charge in [-0.2, -0.15) is 0 Å². The number of imidazole rings is 1. The van der Waals surface area contributed by atoms with Crippen molar-refractivity contribution in [2.24, 2.45) is 0 Å². The fourth-order valence-corrected chi connectivity index (χ4v) is 2.22. The molecular formula is C12H12N2O2. The molecule has 1 N–H and O–H groups in total. The Morgan fingerprint density at radius 3 is 2.81 bits per heavy atom. The Balaban J connectivity index is 2.27. The van der Waals surface area contributed by atoms with Crippen molar-refractivity contribution in [2.75, 3.05) is 0 Å². The van der Waals surface area contributed by atoms with Gasteiger partial charge in [-0.15, -0.1) is 0 Å². The molecule has 0 unspecified atom stereocenters. The van der Waals surface area contributed by atoms with E-state index in [0.717, 1.165) is 30.2 Å². The zero-order chi connectivity index (χ0) is 11.1. The van der Waals surface area contributed by atoms with E-state index >= 15 is 0 Å². The number of H-pyrrole nitrogens is 1. The average molecular weight is 216 g/mol. The number of carbonyl (C=O) groups is 1. The number of nitrogens with zero attached hydrogens (tertiary/aromatic N) is 1. The maximum Gasteiger partial charge on any atom is 0.326 e. The van der Waals surface area contributed by atoms with E-state index in [-0.39, 0.29) is 5.69 Å². The lowest BCUT2D eigenvalue weighted by Crippen LogP contribution is -2.26. The van der Waals surface area contributed by atoms with Crippen molar-refractivity contribution < 1.29 is 4.79 Å². The smallest absolute Gasteiger partial charge is 0.306 e. The normalized spacial score (nSPS) is 16.2. The summed E-state index contributed by atoms with van der Waals surface area (Å²) < 4.78 is 1.78. The van der Waals surface area contributed by atoms with E-state index in [9.17, 15) is 9.59 Å². The standard InChI is InChI=1S/C12H12N2O2/c15-7-8-4-5-10-11(6-8)14(12(16)13-10)9-2-1-3-9/h4-7,9H,1-3H2,(H,13,16). The summed E-state index contributed by atoms with van der Waals surface area (Å²) in [6.07, 6.45) is 4.09. The summed E-state index contributed by atoms with van der Waals surface area (Å²) in [7, 11) is 0. The Morgan fingerprint density at radius 1 is 1.38 bits per heavy atom. The molecule has 0 radical (unpaired) electrons. The second kappa shape index (κ2) is 3.33. The van der Waals surface area contributed by atoms with Gasteiger partial charge in [-0.05, 0) is 37.5 Å². The number of aldehydes is 1. The number of nitrogens with one attached hydrogen (secondary N) is 1. The van der Waals surface area contributed by atoms with Crippen LogP contribution in [-0.4, -0.2) is 15.8 Å². The average Bonchev–Trinajstić information content (AvgIpc) is 2.53. The van der Waals surface area contributed by atoms with Crippen LogP contribution in [0, 0.1) is 0 Å². The summed E-state index contributed by atoms with van der Waals surface area (Å²) in [5.41, 5.74) is 2.20. The predicted molar refractivity (Wildman–Crippen MR) is 60.8 cm³/mol. The third-order valence-electron chi connectivity index (χ3n) is 3.32. The fourth-order valence-electron chi connectivity index (χ4n) is 2.22. The van der Waals surface area contributed by atoms with Gasteiger partial charge >= 0.3 is 5.69 Å². The third-order valence-corrected chi connectivity index (χ3v) is 3.32. The first-order valence-corrected chi connectivity index (χ1v) is 5.49. The van der Waals surface area contributed by atoms with Crippen molar-refractivity contribution in [2.45, 2.75) is 25.3 Å². The van der Waals surface area contributed by atoms with Crippen molar-refractivity contribution in [1.29, 1.82) is 0 Å². The molecule has 16 heavy (non-hydrogen) atoms. The number of fused-ring (bicyclic) bond motifs is 1. The van der Waals surface area contributed by atoms with Crippen molar-refractivity contribution >= 4 is 17.3 Å². The van der Waals surface area contributed by atoms with Crippen molar-refractivity contribution in [1.82, 2.24) is 9.55 Å². The summed E-state index contributed by atoms with van der Waals surface area (Å²) in [6.45, 7) is 0. The molecule has 4 heteroatoms. The van der Waals surface area contributed by atoms with Crippen LogP contribution in [0.4, 0.5) is 0 Å². The second-order valence-corrected chi connectivity index (χ2v) is 4.28. The van der Waals surface area contributed by atoms with E-state index in [1.807, 2.05) is 0 Å². The highest BCUT2D eigenvalue weighted by atomic mass is 16.1. The van der Waals surface area contributed by atoms with Gasteiger partial charge in [0.2, 0.25) is 0 Å². The molecule has 0 amide bonds. The highest BCUT2D eigenvalue weighted by Crippen LogP contribution is 2.32. The maximum atomic E-state index is 11.8. The lowest BCUT2D eigenvalue weighted by Gasteiger charge is -2.26. The molecule has 3 rings (SSSR count). The first-order chi connectivity index (χ1) is 7.79. The monoisotopic (exact) mass is 216 g/mol. The first kappa shape index (κ1) is 9.39. The third kappa shape index (κ3) is 1.23. The Kier molecular flexibility index (Phi) is 1.96. The van der Waals surface area contributed by atoms with Gasteiger partial charge in [0.1, 0.15) is 6.29 Å². The largest absolute Gasteiger partial charge is 0.326 e. The summed E-state index contributed by atoms with van der Waals surface area (Å²) >= 11 is 0. The zero-order valence-corrected chi connectivity index (χ0v) is 8.77. The number of hydrogen-bond acceptors (Lipinski definition) is 2. The SMILES string of the molecule is O=Cc1ccc2[nH]c(=O)n(C3CCC3)c2c1. The molecule has 0 spiro atoms. The van der Waals surface area contributed by atoms with Gasteiger partial charge in [-0.3, -0.25) is 9.36 Å². The summed E-state index contributed by atoms with van der Waals surface area (Å²) in [4.78, 5) is 25.3. The lowest BCUT2D eigenvalue weighted by molar-refractivity contribution is 0.112. The molecule has 1 aliphatic carbocycles. The zero-order valence-electron chi connectivity index (χ0n) is 8.77. The minimum Gasteiger partial charge on any atom is -0.306 e. The second-order valence-electron chi connectivity index (χ2n) is 4.28. The Morgan fingerprint density at radius 2 is 2.19 bits per heavy atom. The summed E-state index contributed by atoms with van der Waals surface area (Å²) in [5.74, 6) is 0. The first-order valence-electron chi connectivity index (χ1n) is 5.49. The summed E-state index contributed by atoms with van der Waals surface area (Å²) in [5, 5.41) is 0. The molecule has 1 saturated carbocycles. The molecule has 1 heterocycles. The van der Waals surface area contributed by atoms with Gasteiger partial charge in [0.25, 0.3) is 0 Å². The van der Waals surface area contributed by atoms with Crippen LogP contribution >= 0.6 is 0 Å². The molecule has 1 fully saturated rings. The molecule has 1 aromatic heterocycles. The van der Waals surface area contributed by atoms with Crippen LogP contribution in [0.3, 0.4) is 0 Å². The Labute approximate surface area is 91.9 Å². The molecule has 0 atom stereocenters. The van der Waals surface area contributed by atoms with Crippen LogP contribution in [0.1, 0.15) is 35.7 Å². The number of aromatic amines is 1. The van der Waals surface area contributed by atoms with E-state index in [4.69, 9.17) is 0 Å². The van der Waals surface area contributed by atoms with E-state index in [1.54, 1.807) is 22.8 Å². The van der Waals surface area contributed by atoms with E-state index in [2.05, 4.69) is 4.98 Å². The van der Waals surface area contributed by atoms with Crippen LogP contribution in [0.25, 0.3) is 11.0 Å². The van der Waals surface area contributed by atoms with Crippen molar-refractivity contribution in [3.8, 4) is 0 Å². The van der Waals surface area contributed by atoms with Gasteiger partial charge in [0.15, 0.2) is 0 Å². The lowest BCUT2D eigenvalue weighted by atomic mass is 9.93. The molecule has 2 aromatic rings. The van der Waals surface area contributed by atoms with Gasteiger partial charge < -0.3 is 4.98 Å². The fraction of sp³-hybridized carbons (Fsp3) is 0.333. The number of rotatable bonds is 2. The van der Waals surface area contributed by atoms with Crippen molar-refractivity contribution in [3.63, 3.8) is 0 Å². The molecule has 0 bridgehead atoms. The van der Waals surface area contributed by atoms with Crippen LogP contribution < -0.4 is 5.69 Å². The minimum absolute atomic E-state index is 0.0669. The molecule has 1 aromatic carbocycles. The number of benzene rings is 1. The number of carbonyl (C=O) groups excluding carboxylic acids is 1. The highest BCUT2D eigenvalue weighted by molar-refractivity contribution is 5.85. The van der Waals surface area contributed by atoms with Crippen LogP contribution in [-0.2, 0) is 0 Å². The molecule has 1 aliphatic rings. The highest BCUT2D eigenvalue weighted by Gasteiger charge is 2.23. The maximum absolute atomic E-state index is 11.8. The van der Waals surface area contributed by atoms with E-state index in [1.165, 1.54) is 6.42 Å². The Hall–Kier alpha value is -1.84. The van der Waals surface area contributed by atoms with Crippen molar-refractivity contribution in [3.05, 3.63) is 34.2 Å². The van der Waals surface area contributed by atoms with E-state index in [0.29, 0.717) is 11.6 Å². The van der Waals surface area contributed by atoms with Gasteiger partial charge in [-0.1, -0.05) is 0 Å². The van der Waals surface area contributed by atoms with Crippen LogP contribution in [0.15, 0.2) is 23.0 Å². The number of aromatic nitrogens is 2. The molecule has 0 saturated heterocycles. The summed E-state index contributed by atoms with van der Waals surface area (Å²) in [6, 6.07) is 5.59. The van der Waals surface area contributed by atoms with Crippen LogP contribution in [0.2, 0.25) is 0 Å². The molecular weight excluding hydrogens is 204 g/mol. The number of hydrogen-bond donors (Lipinski definition) is 1. The Bertz CT molecular complexity index is 605. The predicted octanol–water partition coefficient (Wildman–Crippen LogP) is 1.87. The van der Waals surface area contributed by atoms with E-state index < -0.39 is 0 Å². The molecule has 0 aliphatic heterocycles. The molecule has 82 valence electrons. The van der Waals surface area contributed by atoms with Gasteiger partial charge in [0.05, 0.1) is 11.0 Å². The minimum atomic E-state index is -0.0669. The van der Waals surface area contributed by atoms with Crippen LogP contribution in [0.5, 0.6) is 0 Å². The van der Waals surface area contributed by atoms with Gasteiger partial charge in [-0.25, -0.2) is 4.79 Å². The molecule has 4 nitrogen and oxygen atoms in total. The van der Waals surface area contributed by atoms with Gasteiger partial charge in [0, 0.05) is 11.6 Å². The topological polar surface area (TPSA) is 54.9 Å². The quantitative estimate of drug-likeness (QED) is 0.779.